The number of carbonyl (C=O) groups excluding carboxylic acids is 1. The molecule has 2 aromatic rings. The molecule has 0 aliphatic carbocycles. The van der Waals surface area contributed by atoms with Gasteiger partial charge in [-0.3, -0.25) is 4.79 Å². The number of benzene rings is 1. The van der Waals surface area contributed by atoms with E-state index in [1.165, 1.54) is 17.3 Å². The zero-order valence-corrected chi connectivity index (χ0v) is 17.4. The lowest BCUT2D eigenvalue weighted by atomic mass is 9.87. The van der Waals surface area contributed by atoms with Crippen LogP contribution in [0.25, 0.3) is 11.5 Å². The first kappa shape index (κ1) is 19.9. The van der Waals surface area contributed by atoms with E-state index in [2.05, 4.69) is 43.1 Å². The first-order valence-corrected chi connectivity index (χ1v) is 10.2. The van der Waals surface area contributed by atoms with E-state index in [4.69, 9.17) is 9.15 Å². The molecule has 0 unspecified atom stereocenters. The molecule has 1 aromatic carbocycles. The third-order valence-corrected chi connectivity index (χ3v) is 5.30. The number of carbonyl (C=O) groups is 1. The fourth-order valence-electron chi connectivity index (χ4n) is 3.09. The molecule has 146 valence electrons. The molecule has 0 radical (unpaired) electrons. The monoisotopic (exact) mass is 389 g/mol. The Morgan fingerprint density at radius 2 is 1.78 bits per heavy atom. The van der Waals surface area contributed by atoms with Crippen molar-refractivity contribution >= 4 is 17.7 Å². The molecule has 1 aliphatic heterocycles. The van der Waals surface area contributed by atoms with Gasteiger partial charge in [0.1, 0.15) is 0 Å². The van der Waals surface area contributed by atoms with Crippen LogP contribution in [0.4, 0.5) is 0 Å². The summed E-state index contributed by atoms with van der Waals surface area (Å²) in [5.41, 5.74) is 2.23. The highest BCUT2D eigenvalue weighted by molar-refractivity contribution is 7.99. The second-order valence-electron chi connectivity index (χ2n) is 8.05. The number of hydrogen-bond acceptors (Lipinski definition) is 6. The van der Waals surface area contributed by atoms with Crippen molar-refractivity contribution in [2.24, 2.45) is 0 Å². The maximum absolute atomic E-state index is 12.4. The van der Waals surface area contributed by atoms with Crippen LogP contribution in [-0.4, -0.2) is 52.1 Å². The number of thioether (sulfide) groups is 1. The summed E-state index contributed by atoms with van der Waals surface area (Å²) >= 11 is 1.28. The Hall–Kier alpha value is -1.86. The van der Waals surface area contributed by atoms with E-state index in [0.717, 1.165) is 5.56 Å². The second kappa shape index (κ2) is 8.02. The summed E-state index contributed by atoms with van der Waals surface area (Å²) in [6.07, 6.45) is 0.127. The molecule has 0 spiro atoms. The van der Waals surface area contributed by atoms with Crippen molar-refractivity contribution in [3.8, 4) is 11.5 Å². The van der Waals surface area contributed by atoms with Crippen LogP contribution in [-0.2, 0) is 14.9 Å². The summed E-state index contributed by atoms with van der Waals surface area (Å²) in [6.45, 7) is 11.7. The Balaban J connectivity index is 1.59. The Morgan fingerprint density at radius 1 is 1.15 bits per heavy atom. The van der Waals surface area contributed by atoms with E-state index < -0.39 is 0 Å². The highest BCUT2D eigenvalue weighted by Crippen LogP contribution is 2.27. The van der Waals surface area contributed by atoms with Crippen molar-refractivity contribution in [3.05, 3.63) is 29.8 Å². The van der Waals surface area contributed by atoms with Crippen molar-refractivity contribution in [2.75, 3.05) is 18.8 Å². The van der Waals surface area contributed by atoms with Crippen LogP contribution in [0.3, 0.4) is 0 Å². The summed E-state index contributed by atoms with van der Waals surface area (Å²) in [4.78, 5) is 14.3. The Bertz CT molecular complexity index is 773. The van der Waals surface area contributed by atoms with Gasteiger partial charge in [-0.15, -0.1) is 10.2 Å². The summed E-state index contributed by atoms with van der Waals surface area (Å²) in [5, 5.41) is 8.58. The molecular formula is C20H27N3O3S. The van der Waals surface area contributed by atoms with Crippen LogP contribution in [0.1, 0.15) is 40.2 Å². The quantitative estimate of drug-likeness (QED) is 0.742. The minimum Gasteiger partial charge on any atom is -0.411 e. The predicted octanol–water partition coefficient (Wildman–Crippen LogP) is 3.76. The van der Waals surface area contributed by atoms with Gasteiger partial charge < -0.3 is 14.1 Å². The lowest BCUT2D eigenvalue weighted by molar-refractivity contribution is -0.140. The Morgan fingerprint density at radius 3 is 2.37 bits per heavy atom. The SMILES string of the molecule is C[C@@H]1CN(C(=O)CSc2nnc(-c3ccc(C(C)(C)C)cc3)o2)C[C@H](C)O1. The average molecular weight is 390 g/mol. The molecule has 1 aliphatic rings. The number of nitrogens with zero attached hydrogens (tertiary/aromatic N) is 3. The first-order valence-electron chi connectivity index (χ1n) is 9.23. The van der Waals surface area contributed by atoms with Crippen molar-refractivity contribution in [1.82, 2.24) is 15.1 Å². The third-order valence-electron chi connectivity index (χ3n) is 4.50. The first-order chi connectivity index (χ1) is 12.7. The number of ether oxygens (including phenoxy) is 1. The van der Waals surface area contributed by atoms with Gasteiger partial charge in [0.15, 0.2) is 0 Å². The van der Waals surface area contributed by atoms with Crippen LogP contribution in [0.15, 0.2) is 33.9 Å². The molecule has 1 amide bonds. The topological polar surface area (TPSA) is 68.5 Å². The summed E-state index contributed by atoms with van der Waals surface area (Å²) in [7, 11) is 0. The van der Waals surface area contributed by atoms with Gasteiger partial charge >= 0.3 is 0 Å². The Labute approximate surface area is 164 Å². The number of morpholine rings is 1. The van der Waals surface area contributed by atoms with Gasteiger partial charge in [-0.2, -0.15) is 0 Å². The van der Waals surface area contributed by atoms with Crippen LogP contribution >= 0.6 is 11.8 Å². The third kappa shape index (κ3) is 5.11. The number of rotatable bonds is 4. The van der Waals surface area contributed by atoms with E-state index in [1.807, 2.05) is 30.9 Å². The van der Waals surface area contributed by atoms with E-state index in [0.29, 0.717) is 24.2 Å². The Kier molecular flexibility index (Phi) is 5.91. The number of amides is 1. The van der Waals surface area contributed by atoms with E-state index in [-0.39, 0.29) is 29.3 Å². The lowest BCUT2D eigenvalue weighted by Crippen LogP contribution is -2.48. The molecule has 1 fully saturated rings. The van der Waals surface area contributed by atoms with Gasteiger partial charge in [-0.05, 0) is 37.0 Å². The van der Waals surface area contributed by atoms with Gasteiger partial charge in [0.2, 0.25) is 11.8 Å². The van der Waals surface area contributed by atoms with Gasteiger partial charge in [-0.25, -0.2) is 0 Å². The van der Waals surface area contributed by atoms with Crippen molar-refractivity contribution < 1.29 is 13.9 Å². The average Bonchev–Trinajstić information content (AvgIpc) is 3.07. The van der Waals surface area contributed by atoms with Gasteiger partial charge in [-0.1, -0.05) is 44.7 Å². The number of hydrogen-bond donors (Lipinski definition) is 0. The predicted molar refractivity (Wildman–Crippen MR) is 106 cm³/mol. The maximum Gasteiger partial charge on any atom is 0.277 e. The van der Waals surface area contributed by atoms with Crippen LogP contribution in [0.2, 0.25) is 0 Å². The molecule has 2 atom stereocenters. The molecule has 1 saturated heterocycles. The molecule has 7 heteroatoms. The minimum atomic E-state index is 0.0637. The van der Waals surface area contributed by atoms with Crippen molar-refractivity contribution in [3.63, 3.8) is 0 Å². The van der Waals surface area contributed by atoms with E-state index in [1.54, 1.807) is 0 Å². The highest BCUT2D eigenvalue weighted by Gasteiger charge is 2.26. The zero-order chi connectivity index (χ0) is 19.6. The molecule has 1 aromatic heterocycles. The van der Waals surface area contributed by atoms with Crippen LogP contribution in [0, 0.1) is 0 Å². The van der Waals surface area contributed by atoms with Gasteiger partial charge in [0, 0.05) is 18.7 Å². The highest BCUT2D eigenvalue weighted by atomic mass is 32.2. The van der Waals surface area contributed by atoms with Crippen molar-refractivity contribution in [1.29, 1.82) is 0 Å². The van der Waals surface area contributed by atoms with Crippen LogP contribution in [0.5, 0.6) is 0 Å². The smallest absolute Gasteiger partial charge is 0.277 e. The summed E-state index contributed by atoms with van der Waals surface area (Å²) < 4.78 is 11.4. The summed E-state index contributed by atoms with van der Waals surface area (Å²) in [6, 6.07) is 8.14. The van der Waals surface area contributed by atoms with Gasteiger partial charge in [0.05, 0.1) is 18.0 Å². The van der Waals surface area contributed by atoms with Crippen molar-refractivity contribution in [2.45, 2.75) is 57.5 Å². The molecule has 3 rings (SSSR count). The number of aromatic nitrogens is 2. The fourth-order valence-corrected chi connectivity index (χ4v) is 3.76. The standard InChI is InChI=1S/C20H27N3O3S/c1-13-10-23(11-14(2)25-13)17(24)12-27-19-22-21-18(26-19)15-6-8-16(9-7-15)20(3,4)5/h6-9,13-14H,10-12H2,1-5H3/t13-,14+. The van der Waals surface area contributed by atoms with Gasteiger partial charge in [0.25, 0.3) is 5.22 Å². The minimum absolute atomic E-state index is 0.0637. The largest absolute Gasteiger partial charge is 0.411 e. The second-order valence-corrected chi connectivity index (χ2v) is 8.97. The zero-order valence-electron chi connectivity index (χ0n) is 16.6. The lowest BCUT2D eigenvalue weighted by Gasteiger charge is -2.35. The molecule has 0 N–H and O–H groups in total. The molecule has 2 heterocycles. The van der Waals surface area contributed by atoms with E-state index >= 15 is 0 Å². The normalized spacial score (nSPS) is 20.7. The molecule has 27 heavy (non-hydrogen) atoms. The molecule has 0 bridgehead atoms. The summed E-state index contributed by atoms with van der Waals surface area (Å²) in [5.74, 6) is 0.819. The molecule has 0 saturated carbocycles. The fraction of sp³-hybridized carbons (Fsp3) is 0.550. The maximum atomic E-state index is 12.4. The van der Waals surface area contributed by atoms with Crippen LogP contribution < -0.4 is 0 Å². The van der Waals surface area contributed by atoms with E-state index in [9.17, 15) is 4.79 Å². The molecule has 6 nitrogen and oxygen atoms in total. The molecular weight excluding hydrogens is 362 g/mol.